The van der Waals surface area contributed by atoms with Gasteiger partial charge in [-0.15, -0.1) is 0 Å². The Morgan fingerprint density at radius 1 is 0.833 bits per heavy atom. The average molecular weight is 456 g/mol. The monoisotopic (exact) mass is 455 g/mol. The van der Waals surface area contributed by atoms with E-state index in [4.69, 9.17) is 18.7 Å². The van der Waals surface area contributed by atoms with E-state index in [-0.39, 0.29) is 0 Å². The summed E-state index contributed by atoms with van der Waals surface area (Å²) in [5.74, 6) is 0. The van der Waals surface area contributed by atoms with E-state index in [9.17, 15) is 0 Å². The number of nitrogens with zero attached hydrogens (tertiary/aromatic N) is 7. The van der Waals surface area contributed by atoms with E-state index in [1.807, 2.05) is 30.5 Å². The Hall–Kier alpha value is -3.97. The number of hydrogen-bond acceptors (Lipinski definition) is 3. The summed E-state index contributed by atoms with van der Waals surface area (Å²) >= 11 is 3.38. The molecule has 0 radical (unpaired) electrons. The number of fused-ring (bicyclic) bond motifs is 2. The number of alkyl halides is 1. The van der Waals surface area contributed by atoms with Crippen LogP contribution in [0.5, 0.6) is 0 Å². The molecule has 4 rings (SSSR count). The van der Waals surface area contributed by atoms with Crippen molar-refractivity contribution in [3.8, 4) is 0 Å². The average Bonchev–Trinajstić information content (AvgIpc) is 2.81. The number of azide groups is 1. The van der Waals surface area contributed by atoms with Gasteiger partial charge in [0.1, 0.15) is 0 Å². The predicted molar refractivity (Wildman–Crippen MR) is 121 cm³/mol. The van der Waals surface area contributed by atoms with Gasteiger partial charge in [-0.1, -0.05) is 45.3 Å². The maximum atomic E-state index is 8.21. The number of hydrogen-bond donors (Lipinski definition) is 0. The molecule has 4 aromatic rings. The van der Waals surface area contributed by atoms with Crippen LogP contribution in [0.25, 0.3) is 41.9 Å². The Morgan fingerprint density at radius 2 is 1.37 bits per heavy atom. The molecule has 0 saturated carbocycles. The second-order valence-corrected chi connectivity index (χ2v) is 6.75. The lowest BCUT2D eigenvalue weighted by Crippen LogP contribution is -1.84. The van der Waals surface area contributed by atoms with Crippen LogP contribution < -0.4 is 0 Å². The summed E-state index contributed by atoms with van der Waals surface area (Å²) in [5, 5.41) is 6.30. The molecular weight excluding hydrogens is 442 g/mol. The Morgan fingerprint density at radius 3 is 1.87 bits per heavy atom. The summed E-state index contributed by atoms with van der Waals surface area (Å²) < 4.78 is 0. The summed E-state index contributed by atoms with van der Waals surface area (Å²) in [6.07, 6.45) is 3.48. The van der Waals surface area contributed by atoms with Gasteiger partial charge >= 0.3 is 0 Å². The SMILES string of the molecule is [C-]#[N+]c1ccc2cc(CBr)cnc2c1.[C-]#[N+]c1ccc2cc(CN=[N+]=[N-])cnc2c1. The van der Waals surface area contributed by atoms with Crippen LogP contribution in [0.1, 0.15) is 11.1 Å². The second-order valence-electron chi connectivity index (χ2n) is 6.19. The van der Waals surface area contributed by atoms with Crippen molar-refractivity contribution in [1.82, 2.24) is 9.97 Å². The van der Waals surface area contributed by atoms with E-state index in [0.717, 1.165) is 38.3 Å². The maximum absolute atomic E-state index is 8.21. The van der Waals surface area contributed by atoms with Gasteiger partial charge in [0.2, 0.25) is 0 Å². The van der Waals surface area contributed by atoms with Crippen molar-refractivity contribution in [3.63, 3.8) is 0 Å². The third-order valence-corrected chi connectivity index (χ3v) is 4.83. The topological polar surface area (TPSA) is 83.3 Å². The number of benzene rings is 2. The molecule has 2 heterocycles. The number of halogens is 1. The molecule has 0 amide bonds. The van der Waals surface area contributed by atoms with Crippen molar-refractivity contribution in [3.05, 3.63) is 105 Å². The Kier molecular flexibility index (Phi) is 6.91. The molecule has 0 unspecified atom stereocenters. The minimum atomic E-state index is 0.296. The van der Waals surface area contributed by atoms with Crippen molar-refractivity contribution in [2.75, 3.05) is 0 Å². The highest BCUT2D eigenvalue weighted by Crippen LogP contribution is 2.21. The summed E-state index contributed by atoms with van der Waals surface area (Å²) in [6, 6.07) is 14.9. The van der Waals surface area contributed by atoms with Crippen molar-refractivity contribution in [2.24, 2.45) is 5.11 Å². The third-order valence-electron chi connectivity index (χ3n) is 4.18. The zero-order valence-electron chi connectivity index (χ0n) is 15.7. The third kappa shape index (κ3) is 5.09. The largest absolute Gasteiger partial charge is 0.257 e. The molecule has 0 spiro atoms. The lowest BCUT2D eigenvalue weighted by Gasteiger charge is -2.00. The van der Waals surface area contributed by atoms with Crippen LogP contribution in [0.4, 0.5) is 11.4 Å². The molecule has 0 aliphatic heterocycles. The molecule has 0 N–H and O–H groups in total. The van der Waals surface area contributed by atoms with Crippen molar-refractivity contribution < 1.29 is 0 Å². The van der Waals surface area contributed by atoms with Crippen molar-refractivity contribution in [2.45, 2.75) is 11.9 Å². The van der Waals surface area contributed by atoms with Crippen molar-refractivity contribution in [1.29, 1.82) is 0 Å². The molecular formula is C22H14BrN7. The fourth-order valence-electron chi connectivity index (χ4n) is 2.72. The van der Waals surface area contributed by atoms with E-state index in [2.05, 4.69) is 51.7 Å². The van der Waals surface area contributed by atoms with E-state index in [1.54, 1.807) is 24.4 Å². The highest BCUT2D eigenvalue weighted by Gasteiger charge is 1.99. The maximum Gasteiger partial charge on any atom is 0.189 e. The fourth-order valence-corrected chi connectivity index (χ4v) is 3.03. The van der Waals surface area contributed by atoms with Crippen molar-refractivity contribution >= 4 is 49.1 Å². The molecule has 0 atom stereocenters. The molecule has 0 aliphatic carbocycles. The van der Waals surface area contributed by atoms with Gasteiger partial charge in [-0.05, 0) is 51.7 Å². The van der Waals surface area contributed by atoms with Gasteiger partial charge in [-0.25, -0.2) is 9.69 Å². The molecule has 8 heteroatoms. The summed E-state index contributed by atoms with van der Waals surface area (Å²) in [7, 11) is 0. The molecule has 2 aromatic carbocycles. The van der Waals surface area contributed by atoms with Crippen LogP contribution in [0.2, 0.25) is 0 Å². The van der Waals surface area contributed by atoms with Gasteiger partial charge in [0.05, 0.1) is 30.7 Å². The van der Waals surface area contributed by atoms with Crippen LogP contribution in [0.3, 0.4) is 0 Å². The van der Waals surface area contributed by atoms with E-state index >= 15 is 0 Å². The minimum absolute atomic E-state index is 0.296. The fraction of sp³-hybridized carbons (Fsp3) is 0.0909. The highest BCUT2D eigenvalue weighted by molar-refractivity contribution is 9.08. The summed E-state index contributed by atoms with van der Waals surface area (Å²) in [6.45, 7) is 14.1. The van der Waals surface area contributed by atoms with Gasteiger partial charge < -0.3 is 0 Å². The van der Waals surface area contributed by atoms with E-state index in [0.29, 0.717) is 17.9 Å². The Labute approximate surface area is 181 Å². The van der Waals surface area contributed by atoms with Gasteiger partial charge in [0.25, 0.3) is 0 Å². The lowest BCUT2D eigenvalue weighted by atomic mass is 10.1. The number of pyridine rings is 2. The Bertz CT molecular complexity index is 1350. The Balaban J connectivity index is 0.000000172. The number of rotatable bonds is 3. The predicted octanol–water partition coefficient (Wildman–Crippen LogP) is 7.28. The van der Waals surface area contributed by atoms with Crippen LogP contribution in [0, 0.1) is 13.1 Å². The van der Waals surface area contributed by atoms with Gasteiger partial charge in [-0.3, -0.25) is 9.97 Å². The molecule has 144 valence electrons. The van der Waals surface area contributed by atoms with Crippen LogP contribution in [-0.2, 0) is 11.9 Å². The molecule has 0 bridgehead atoms. The molecule has 30 heavy (non-hydrogen) atoms. The highest BCUT2D eigenvalue weighted by atomic mass is 79.9. The molecule has 7 nitrogen and oxygen atoms in total. The van der Waals surface area contributed by atoms with Gasteiger partial charge in [-0.2, -0.15) is 0 Å². The summed E-state index contributed by atoms with van der Waals surface area (Å²) in [5.41, 5.74) is 13.1. The standard InChI is InChI=1S/C11H7BrN2.C11H7N5/c1-13-10-3-2-9-4-8(6-12)7-14-11(9)5-10;1-13-10-3-2-9-4-8(7-15-16-12)6-14-11(9)5-10/h2-5,7H,6H2;2-6H,7H2. The molecule has 0 saturated heterocycles. The van der Waals surface area contributed by atoms with E-state index < -0.39 is 0 Å². The molecule has 0 aliphatic rings. The first-order chi connectivity index (χ1) is 14.7. The van der Waals surface area contributed by atoms with Gasteiger partial charge in [0, 0.05) is 22.6 Å². The molecule has 0 fully saturated rings. The van der Waals surface area contributed by atoms with Crippen LogP contribution in [0.15, 0.2) is 66.0 Å². The quantitative estimate of drug-likeness (QED) is 0.107. The number of aromatic nitrogens is 2. The molecule has 2 aromatic heterocycles. The second kappa shape index (κ2) is 9.99. The normalized spacial score (nSPS) is 9.70. The zero-order chi connectivity index (χ0) is 21.3. The summed E-state index contributed by atoms with van der Waals surface area (Å²) in [4.78, 5) is 17.9. The lowest BCUT2D eigenvalue weighted by molar-refractivity contribution is 1.04. The van der Waals surface area contributed by atoms with E-state index in [1.165, 1.54) is 0 Å². The first-order valence-corrected chi connectivity index (χ1v) is 9.88. The first kappa shape index (κ1) is 20.8. The minimum Gasteiger partial charge on any atom is -0.257 e. The van der Waals surface area contributed by atoms with Gasteiger partial charge in [0.15, 0.2) is 11.4 Å². The van der Waals surface area contributed by atoms with Crippen LogP contribution >= 0.6 is 15.9 Å². The first-order valence-electron chi connectivity index (χ1n) is 8.76. The van der Waals surface area contributed by atoms with Crippen LogP contribution in [-0.4, -0.2) is 9.97 Å². The smallest absolute Gasteiger partial charge is 0.189 e. The zero-order valence-corrected chi connectivity index (χ0v) is 17.3.